The van der Waals surface area contributed by atoms with Crippen LogP contribution in [0.25, 0.3) is 0 Å². The predicted octanol–water partition coefficient (Wildman–Crippen LogP) is 3.90. The number of hydrogen-bond acceptors (Lipinski definition) is 5. The van der Waals surface area contributed by atoms with Crippen LogP contribution in [0.4, 0.5) is 0 Å². The normalized spacial score (nSPS) is 18.6. The van der Waals surface area contributed by atoms with Crippen LogP contribution in [0.1, 0.15) is 45.8 Å². The van der Waals surface area contributed by atoms with E-state index in [1.807, 2.05) is 26.8 Å². The number of aliphatic imine (C=N–C) groups is 1. The fraction of sp³-hybridized carbons (Fsp3) is 0.632. The molecule has 5 nitrogen and oxygen atoms in total. The van der Waals surface area contributed by atoms with E-state index < -0.39 is 8.80 Å². The van der Waals surface area contributed by atoms with Crippen molar-refractivity contribution in [2.45, 2.75) is 46.3 Å². The van der Waals surface area contributed by atoms with Crippen LogP contribution in [-0.2, 0) is 13.3 Å². The van der Waals surface area contributed by atoms with Crippen LogP contribution in [0.2, 0.25) is 6.04 Å². The largest absolute Gasteiger partial charge is 0.500 e. The van der Waals surface area contributed by atoms with E-state index in [9.17, 15) is 0 Å². The van der Waals surface area contributed by atoms with Crippen LogP contribution in [-0.4, -0.2) is 52.3 Å². The van der Waals surface area contributed by atoms with Gasteiger partial charge in [0.2, 0.25) is 0 Å². The Labute approximate surface area is 153 Å². The number of hydrogen-bond donors (Lipinski definition) is 0. The van der Waals surface area contributed by atoms with E-state index in [0.29, 0.717) is 19.8 Å². The molecule has 1 aliphatic heterocycles. The summed E-state index contributed by atoms with van der Waals surface area (Å²) in [6.07, 6.45) is 1.11. The number of benzene rings is 1. The van der Waals surface area contributed by atoms with Gasteiger partial charge in [0.15, 0.2) is 0 Å². The van der Waals surface area contributed by atoms with Gasteiger partial charge in [0.05, 0.1) is 0 Å². The second-order valence-electron chi connectivity index (χ2n) is 6.20. The smallest absolute Gasteiger partial charge is 0.374 e. The van der Waals surface area contributed by atoms with E-state index in [4.69, 9.17) is 18.3 Å². The second kappa shape index (κ2) is 10.2. The topological polar surface area (TPSA) is 43.3 Å². The SMILES string of the molecule is CCO[Si](CCCN1CC(C)=NC1c1ccccc1)(OCC)OCC. The Kier molecular flexibility index (Phi) is 8.25. The van der Waals surface area contributed by atoms with Crippen molar-refractivity contribution in [3.05, 3.63) is 35.9 Å². The Morgan fingerprint density at radius 1 is 1.04 bits per heavy atom. The molecule has 6 heteroatoms. The first kappa shape index (κ1) is 20.3. The molecule has 1 heterocycles. The summed E-state index contributed by atoms with van der Waals surface area (Å²) in [7, 11) is -2.55. The van der Waals surface area contributed by atoms with Crippen molar-refractivity contribution in [2.24, 2.45) is 4.99 Å². The quantitative estimate of drug-likeness (QED) is 0.559. The summed E-state index contributed by atoms with van der Waals surface area (Å²) in [5, 5.41) is 0. The average Bonchev–Trinajstić information content (AvgIpc) is 2.97. The van der Waals surface area contributed by atoms with Crippen molar-refractivity contribution < 1.29 is 13.3 Å². The highest BCUT2D eigenvalue weighted by Gasteiger charge is 2.40. The zero-order chi connectivity index (χ0) is 18.1. The third kappa shape index (κ3) is 5.72. The predicted molar refractivity (Wildman–Crippen MR) is 104 cm³/mol. The standard InChI is InChI=1S/C19H32N2O3Si/c1-5-22-25(23-6-2,24-7-3)15-11-14-21-16-17(4)20-19(21)18-12-9-8-10-13-18/h8-10,12-13,19H,5-7,11,14-16H2,1-4H3. The molecule has 140 valence electrons. The minimum atomic E-state index is -2.55. The molecule has 0 radical (unpaired) electrons. The van der Waals surface area contributed by atoms with Crippen molar-refractivity contribution >= 4 is 14.5 Å². The Balaban J connectivity index is 1.96. The van der Waals surface area contributed by atoms with Gasteiger partial charge in [-0.2, -0.15) is 0 Å². The summed E-state index contributed by atoms with van der Waals surface area (Å²) in [5.41, 5.74) is 2.44. The molecular formula is C19H32N2O3Si. The Morgan fingerprint density at radius 3 is 2.20 bits per heavy atom. The molecular weight excluding hydrogens is 332 g/mol. The molecule has 25 heavy (non-hydrogen) atoms. The lowest BCUT2D eigenvalue weighted by molar-refractivity contribution is 0.0697. The van der Waals surface area contributed by atoms with Gasteiger partial charge in [-0.1, -0.05) is 30.3 Å². The van der Waals surface area contributed by atoms with E-state index >= 15 is 0 Å². The summed E-state index contributed by atoms with van der Waals surface area (Å²) in [6, 6.07) is 11.4. The van der Waals surface area contributed by atoms with E-state index in [0.717, 1.165) is 25.6 Å². The lowest BCUT2D eigenvalue weighted by Gasteiger charge is -2.30. The zero-order valence-electron chi connectivity index (χ0n) is 16.0. The highest BCUT2D eigenvalue weighted by molar-refractivity contribution is 6.60. The molecule has 1 aromatic rings. The highest BCUT2D eigenvalue weighted by Crippen LogP contribution is 2.28. The summed E-state index contributed by atoms with van der Waals surface area (Å²) >= 11 is 0. The average molecular weight is 365 g/mol. The second-order valence-corrected chi connectivity index (χ2v) is 8.94. The molecule has 0 aromatic heterocycles. The van der Waals surface area contributed by atoms with Gasteiger partial charge in [0.1, 0.15) is 6.17 Å². The first-order chi connectivity index (χ1) is 12.1. The van der Waals surface area contributed by atoms with Crippen LogP contribution < -0.4 is 0 Å². The minimum Gasteiger partial charge on any atom is -0.374 e. The van der Waals surface area contributed by atoms with Crippen LogP contribution >= 0.6 is 0 Å². The van der Waals surface area contributed by atoms with Gasteiger partial charge in [-0.15, -0.1) is 0 Å². The van der Waals surface area contributed by atoms with Gasteiger partial charge >= 0.3 is 8.80 Å². The van der Waals surface area contributed by atoms with Crippen molar-refractivity contribution in [3.63, 3.8) is 0 Å². The lowest BCUT2D eigenvalue weighted by atomic mass is 10.1. The molecule has 1 atom stereocenters. The lowest BCUT2D eigenvalue weighted by Crippen LogP contribution is -2.46. The summed E-state index contributed by atoms with van der Waals surface area (Å²) in [4.78, 5) is 7.25. The van der Waals surface area contributed by atoms with Crippen LogP contribution in [0.5, 0.6) is 0 Å². The molecule has 1 aliphatic rings. The molecule has 2 rings (SSSR count). The Morgan fingerprint density at radius 2 is 1.64 bits per heavy atom. The molecule has 1 aromatic carbocycles. The first-order valence-corrected chi connectivity index (χ1v) is 11.3. The maximum Gasteiger partial charge on any atom is 0.500 e. The molecule has 0 spiro atoms. The fourth-order valence-electron chi connectivity index (χ4n) is 3.32. The van der Waals surface area contributed by atoms with E-state index in [1.54, 1.807) is 0 Å². The molecule has 0 N–H and O–H groups in total. The summed E-state index contributed by atoms with van der Waals surface area (Å²) < 4.78 is 17.9. The van der Waals surface area contributed by atoms with Gasteiger partial charge < -0.3 is 13.3 Å². The monoisotopic (exact) mass is 364 g/mol. The summed E-state index contributed by atoms with van der Waals surface area (Å²) in [5.74, 6) is 0. The number of rotatable bonds is 11. The molecule has 0 saturated heterocycles. The van der Waals surface area contributed by atoms with E-state index in [-0.39, 0.29) is 6.17 Å². The molecule has 0 saturated carbocycles. The van der Waals surface area contributed by atoms with Crippen molar-refractivity contribution in [3.8, 4) is 0 Å². The third-order valence-electron chi connectivity index (χ3n) is 4.24. The Hall–Kier alpha value is -1.05. The van der Waals surface area contributed by atoms with Gasteiger partial charge in [0, 0.05) is 44.7 Å². The minimum absolute atomic E-state index is 0.128. The molecule has 0 bridgehead atoms. The van der Waals surface area contributed by atoms with Crippen LogP contribution in [0.3, 0.4) is 0 Å². The van der Waals surface area contributed by atoms with Crippen molar-refractivity contribution in [2.75, 3.05) is 32.9 Å². The van der Waals surface area contributed by atoms with Gasteiger partial charge in [-0.25, -0.2) is 0 Å². The van der Waals surface area contributed by atoms with Crippen molar-refractivity contribution in [1.82, 2.24) is 4.90 Å². The Bertz CT molecular complexity index is 522. The van der Waals surface area contributed by atoms with Gasteiger partial charge in [-0.05, 0) is 39.7 Å². The number of nitrogens with zero attached hydrogens (tertiary/aromatic N) is 2. The van der Waals surface area contributed by atoms with E-state index in [1.165, 1.54) is 11.3 Å². The summed E-state index contributed by atoms with van der Waals surface area (Å²) in [6.45, 7) is 11.9. The zero-order valence-corrected chi connectivity index (χ0v) is 17.0. The maximum atomic E-state index is 5.96. The first-order valence-electron chi connectivity index (χ1n) is 9.38. The fourth-order valence-corrected chi connectivity index (χ4v) is 5.92. The van der Waals surface area contributed by atoms with E-state index in [2.05, 4.69) is 36.1 Å². The van der Waals surface area contributed by atoms with Gasteiger partial charge in [0.25, 0.3) is 0 Å². The van der Waals surface area contributed by atoms with Gasteiger partial charge in [-0.3, -0.25) is 9.89 Å². The van der Waals surface area contributed by atoms with Crippen LogP contribution in [0, 0.1) is 0 Å². The maximum absolute atomic E-state index is 5.96. The van der Waals surface area contributed by atoms with Crippen LogP contribution in [0.15, 0.2) is 35.3 Å². The molecule has 1 unspecified atom stereocenters. The molecule has 0 amide bonds. The van der Waals surface area contributed by atoms with Crippen molar-refractivity contribution in [1.29, 1.82) is 0 Å². The highest BCUT2D eigenvalue weighted by atomic mass is 28.4. The molecule has 0 fully saturated rings. The molecule has 0 aliphatic carbocycles. The third-order valence-corrected chi connectivity index (χ3v) is 7.39.